The van der Waals surface area contributed by atoms with Crippen LogP contribution >= 0.6 is 0 Å². The van der Waals surface area contributed by atoms with Crippen LogP contribution in [0.4, 0.5) is 5.69 Å². The Labute approximate surface area is 230 Å². The maximum Gasteiger partial charge on any atom is 0.300 e. The summed E-state index contributed by atoms with van der Waals surface area (Å²) in [5, 5.41) is 11.5. The van der Waals surface area contributed by atoms with E-state index in [1.165, 1.54) is 4.90 Å². The highest BCUT2D eigenvalue weighted by Crippen LogP contribution is 2.43. The highest BCUT2D eigenvalue weighted by Gasteiger charge is 2.47. The van der Waals surface area contributed by atoms with Crippen molar-refractivity contribution in [1.29, 1.82) is 0 Å². The molecule has 0 spiro atoms. The molecule has 1 fully saturated rings. The molecule has 3 aromatic rings. The van der Waals surface area contributed by atoms with Gasteiger partial charge in [0.05, 0.1) is 24.8 Å². The van der Waals surface area contributed by atoms with Gasteiger partial charge in [0, 0.05) is 11.3 Å². The molecule has 1 N–H and O–H groups in total. The molecule has 3 aromatic carbocycles. The summed E-state index contributed by atoms with van der Waals surface area (Å²) >= 11 is 0. The molecule has 1 amide bonds. The molecule has 1 saturated heterocycles. The zero-order valence-electron chi connectivity index (χ0n) is 23.5. The van der Waals surface area contributed by atoms with Crippen LogP contribution in [-0.4, -0.2) is 30.0 Å². The highest BCUT2D eigenvalue weighted by atomic mass is 16.5. The molecule has 6 nitrogen and oxygen atoms in total. The highest BCUT2D eigenvalue weighted by molar-refractivity contribution is 6.51. The van der Waals surface area contributed by atoms with Crippen molar-refractivity contribution >= 4 is 23.1 Å². The molecule has 0 aromatic heterocycles. The number of carbonyl (C=O) groups excluding carboxylic acids is 2. The number of amides is 1. The van der Waals surface area contributed by atoms with E-state index in [9.17, 15) is 14.7 Å². The Balaban J connectivity index is 1.80. The van der Waals surface area contributed by atoms with Crippen molar-refractivity contribution in [3.63, 3.8) is 0 Å². The van der Waals surface area contributed by atoms with Gasteiger partial charge in [0.1, 0.15) is 17.3 Å². The van der Waals surface area contributed by atoms with Gasteiger partial charge in [0.2, 0.25) is 0 Å². The van der Waals surface area contributed by atoms with Crippen LogP contribution in [0.1, 0.15) is 56.0 Å². The fourth-order valence-electron chi connectivity index (χ4n) is 4.50. The lowest BCUT2D eigenvalue weighted by Gasteiger charge is -2.26. The normalized spacial score (nSPS) is 16.8. The number of anilines is 1. The minimum Gasteiger partial charge on any atom is -0.507 e. The largest absolute Gasteiger partial charge is 0.507 e. The van der Waals surface area contributed by atoms with E-state index >= 15 is 0 Å². The van der Waals surface area contributed by atoms with Crippen LogP contribution in [0.5, 0.6) is 11.5 Å². The number of hydrogen-bond acceptors (Lipinski definition) is 5. The third-order valence-corrected chi connectivity index (χ3v) is 6.56. The summed E-state index contributed by atoms with van der Waals surface area (Å²) in [6, 6.07) is 19.3. The van der Waals surface area contributed by atoms with E-state index in [4.69, 9.17) is 9.47 Å². The first-order valence-electron chi connectivity index (χ1n) is 13.4. The molecular formula is C33H37NO5. The number of aliphatic hydroxyl groups excluding tert-OH is 1. The van der Waals surface area contributed by atoms with Gasteiger partial charge in [-0.15, -0.1) is 0 Å². The molecule has 1 heterocycles. The summed E-state index contributed by atoms with van der Waals surface area (Å²) < 4.78 is 11.7. The number of carbonyl (C=O) groups is 2. The summed E-state index contributed by atoms with van der Waals surface area (Å²) in [5.41, 5.74) is 3.65. The van der Waals surface area contributed by atoms with Gasteiger partial charge in [0.25, 0.3) is 11.7 Å². The lowest BCUT2D eigenvalue weighted by molar-refractivity contribution is -0.132. The number of ketones is 1. The third-order valence-electron chi connectivity index (χ3n) is 6.56. The summed E-state index contributed by atoms with van der Waals surface area (Å²) in [5.74, 6) is 0.546. The summed E-state index contributed by atoms with van der Waals surface area (Å²) in [4.78, 5) is 28.4. The van der Waals surface area contributed by atoms with Crippen molar-refractivity contribution in [3.8, 4) is 11.5 Å². The Hall–Kier alpha value is -4.06. The van der Waals surface area contributed by atoms with E-state index in [-0.39, 0.29) is 11.3 Å². The Morgan fingerprint density at radius 1 is 0.846 bits per heavy atom. The van der Waals surface area contributed by atoms with Crippen LogP contribution in [0.15, 0.2) is 72.3 Å². The summed E-state index contributed by atoms with van der Waals surface area (Å²) in [6.07, 6.45) is 0. The van der Waals surface area contributed by atoms with Crippen LogP contribution in [0.2, 0.25) is 0 Å². The van der Waals surface area contributed by atoms with Gasteiger partial charge < -0.3 is 14.6 Å². The van der Waals surface area contributed by atoms with Crippen molar-refractivity contribution < 1.29 is 24.2 Å². The zero-order valence-corrected chi connectivity index (χ0v) is 23.5. The molecule has 39 heavy (non-hydrogen) atoms. The quantitative estimate of drug-likeness (QED) is 0.184. The number of hydrogen-bond donors (Lipinski definition) is 1. The van der Waals surface area contributed by atoms with Gasteiger partial charge in [-0.3, -0.25) is 14.5 Å². The van der Waals surface area contributed by atoms with Crippen molar-refractivity contribution in [2.75, 3.05) is 18.1 Å². The number of ether oxygens (including phenoxy) is 2. The van der Waals surface area contributed by atoms with Crippen LogP contribution in [-0.2, 0) is 9.59 Å². The van der Waals surface area contributed by atoms with E-state index in [1.807, 2.05) is 62.4 Å². The molecule has 1 aliphatic heterocycles. The van der Waals surface area contributed by atoms with Crippen molar-refractivity contribution in [1.82, 2.24) is 0 Å². The second-order valence-electron chi connectivity index (χ2n) is 11.0. The zero-order chi connectivity index (χ0) is 28.3. The fraction of sp³-hybridized carbons (Fsp3) is 0.333. The number of nitrogens with zero attached hydrogens (tertiary/aromatic N) is 1. The molecule has 1 atom stereocenters. The summed E-state index contributed by atoms with van der Waals surface area (Å²) in [7, 11) is 0. The number of rotatable bonds is 9. The lowest BCUT2D eigenvalue weighted by atomic mass is 9.94. The smallest absolute Gasteiger partial charge is 0.300 e. The van der Waals surface area contributed by atoms with E-state index in [0.717, 1.165) is 11.1 Å². The van der Waals surface area contributed by atoms with E-state index in [0.29, 0.717) is 53.4 Å². The second kappa shape index (κ2) is 11.8. The molecule has 4 rings (SSSR count). The van der Waals surface area contributed by atoms with E-state index < -0.39 is 17.7 Å². The number of aryl methyl sites for hydroxylation is 2. The third kappa shape index (κ3) is 6.17. The molecule has 204 valence electrons. The SMILES string of the molecule is Cc1ccc(N2C(=O)C(=O)/C(=C(\O)c3ccc(OCC(C)C)c(C)c3)C2c2ccc(OCC(C)C)cc2)cc1. The molecule has 1 aliphatic rings. The molecule has 0 bridgehead atoms. The average Bonchev–Trinajstić information content (AvgIpc) is 3.17. The van der Waals surface area contributed by atoms with Gasteiger partial charge in [-0.1, -0.05) is 57.5 Å². The van der Waals surface area contributed by atoms with Crippen LogP contribution < -0.4 is 14.4 Å². The second-order valence-corrected chi connectivity index (χ2v) is 11.0. The molecule has 0 aliphatic carbocycles. The van der Waals surface area contributed by atoms with Crippen molar-refractivity contribution in [2.24, 2.45) is 11.8 Å². The van der Waals surface area contributed by atoms with Crippen LogP contribution in [0.3, 0.4) is 0 Å². The minimum atomic E-state index is -0.802. The molecule has 0 saturated carbocycles. The first-order valence-corrected chi connectivity index (χ1v) is 13.4. The van der Waals surface area contributed by atoms with Gasteiger partial charge in [-0.25, -0.2) is 0 Å². The molecule has 6 heteroatoms. The van der Waals surface area contributed by atoms with Gasteiger partial charge in [-0.2, -0.15) is 0 Å². The monoisotopic (exact) mass is 527 g/mol. The lowest BCUT2D eigenvalue weighted by Crippen LogP contribution is -2.29. The van der Waals surface area contributed by atoms with Gasteiger partial charge in [-0.05, 0) is 79.3 Å². The van der Waals surface area contributed by atoms with Crippen LogP contribution in [0, 0.1) is 25.7 Å². The molecule has 1 unspecified atom stereocenters. The topological polar surface area (TPSA) is 76.1 Å². The Kier molecular flexibility index (Phi) is 8.44. The molecular weight excluding hydrogens is 490 g/mol. The van der Waals surface area contributed by atoms with Crippen molar-refractivity contribution in [2.45, 2.75) is 47.6 Å². The number of benzene rings is 3. The minimum absolute atomic E-state index is 0.0478. The summed E-state index contributed by atoms with van der Waals surface area (Å²) in [6.45, 7) is 13.3. The van der Waals surface area contributed by atoms with E-state index in [1.54, 1.807) is 18.2 Å². The van der Waals surface area contributed by atoms with Crippen LogP contribution in [0.25, 0.3) is 5.76 Å². The predicted octanol–water partition coefficient (Wildman–Crippen LogP) is 7.00. The van der Waals surface area contributed by atoms with Crippen molar-refractivity contribution in [3.05, 3.63) is 94.6 Å². The Bertz CT molecular complexity index is 1370. The maximum absolute atomic E-state index is 13.5. The average molecular weight is 528 g/mol. The number of Topliss-reactive ketones (excluding diaryl/α,β-unsaturated/α-hetero) is 1. The molecule has 0 radical (unpaired) electrons. The van der Waals surface area contributed by atoms with Gasteiger partial charge in [0.15, 0.2) is 0 Å². The first-order chi connectivity index (χ1) is 18.6. The van der Waals surface area contributed by atoms with E-state index in [2.05, 4.69) is 27.7 Å². The van der Waals surface area contributed by atoms with Gasteiger partial charge >= 0.3 is 0 Å². The number of aliphatic hydroxyl groups is 1. The standard InChI is InChI=1S/C33H37NO5/c1-20(2)18-38-27-14-9-24(10-15-27)30-29(32(36)33(37)34(30)26-12-7-22(5)8-13-26)31(35)25-11-16-28(23(6)17-25)39-19-21(3)4/h7-17,20-21,30,35H,18-19H2,1-6H3/b31-29-. The Morgan fingerprint density at radius 2 is 1.46 bits per heavy atom. The Morgan fingerprint density at radius 3 is 2.05 bits per heavy atom. The first kappa shape index (κ1) is 28.0. The fourth-order valence-corrected chi connectivity index (χ4v) is 4.50. The predicted molar refractivity (Wildman–Crippen MR) is 154 cm³/mol. The maximum atomic E-state index is 13.5.